The van der Waals surface area contributed by atoms with Gasteiger partial charge in [0.1, 0.15) is 0 Å². The van der Waals surface area contributed by atoms with E-state index in [4.69, 9.17) is 4.74 Å². The van der Waals surface area contributed by atoms with Crippen molar-refractivity contribution in [2.45, 2.75) is 32.6 Å². The maximum Gasteiger partial charge on any atom is 0.359 e. The number of carbonyl (C=O) groups is 2. The van der Waals surface area contributed by atoms with Gasteiger partial charge in [-0.2, -0.15) is 5.10 Å². The summed E-state index contributed by atoms with van der Waals surface area (Å²) in [5.41, 5.74) is 1.22. The van der Waals surface area contributed by atoms with Crippen LogP contribution in [0, 0.1) is 0 Å². The van der Waals surface area contributed by atoms with E-state index < -0.39 is 5.97 Å². The number of carbonyl (C=O) groups excluding carboxylic acids is 2. The molecule has 1 heterocycles. The molecular weight excluding hydrogens is 246 g/mol. The smallest absolute Gasteiger partial charge is 0.359 e. The molecule has 0 radical (unpaired) electrons. The highest BCUT2D eigenvalue weighted by molar-refractivity contribution is 5.89. The van der Waals surface area contributed by atoms with Gasteiger partial charge in [-0.05, 0) is 32.8 Å². The SMILES string of the molecule is CCN(CC)C(=O)COC(=O)c1cc(C2CC2)[nH]n1. The third-order valence-electron chi connectivity index (χ3n) is 3.27. The number of H-pyrrole nitrogens is 1. The van der Waals surface area contributed by atoms with Crippen LogP contribution in [0.3, 0.4) is 0 Å². The third-order valence-corrected chi connectivity index (χ3v) is 3.27. The molecule has 104 valence electrons. The highest BCUT2D eigenvalue weighted by Gasteiger charge is 2.27. The number of rotatable bonds is 6. The Bertz CT molecular complexity index is 461. The Labute approximate surface area is 112 Å². The lowest BCUT2D eigenvalue weighted by atomic mass is 10.3. The summed E-state index contributed by atoms with van der Waals surface area (Å²) in [4.78, 5) is 25.0. The molecule has 1 saturated carbocycles. The van der Waals surface area contributed by atoms with Gasteiger partial charge in [0.15, 0.2) is 12.3 Å². The fourth-order valence-electron chi connectivity index (χ4n) is 1.91. The molecule has 6 nitrogen and oxygen atoms in total. The van der Waals surface area contributed by atoms with Gasteiger partial charge in [-0.3, -0.25) is 9.89 Å². The number of aromatic nitrogens is 2. The molecule has 0 aromatic carbocycles. The van der Waals surface area contributed by atoms with E-state index in [1.165, 1.54) is 0 Å². The molecule has 1 N–H and O–H groups in total. The highest BCUT2D eigenvalue weighted by atomic mass is 16.5. The molecule has 0 unspecified atom stereocenters. The minimum atomic E-state index is -0.552. The first-order chi connectivity index (χ1) is 9.15. The number of hydrogen-bond donors (Lipinski definition) is 1. The van der Waals surface area contributed by atoms with Crippen molar-refractivity contribution in [2.75, 3.05) is 19.7 Å². The van der Waals surface area contributed by atoms with Gasteiger partial charge in [0.05, 0.1) is 0 Å². The first-order valence-corrected chi connectivity index (χ1v) is 6.65. The normalized spacial score (nSPS) is 14.2. The Kier molecular flexibility index (Phi) is 4.19. The van der Waals surface area contributed by atoms with Crippen LogP contribution in [-0.4, -0.2) is 46.7 Å². The third kappa shape index (κ3) is 3.33. The average molecular weight is 265 g/mol. The van der Waals surface area contributed by atoms with Crippen LogP contribution in [0.15, 0.2) is 6.07 Å². The van der Waals surface area contributed by atoms with Crippen molar-refractivity contribution in [3.05, 3.63) is 17.5 Å². The largest absolute Gasteiger partial charge is 0.451 e. The molecule has 1 fully saturated rings. The number of aromatic amines is 1. The number of nitrogens with one attached hydrogen (secondary N) is 1. The summed E-state index contributed by atoms with van der Waals surface area (Å²) in [7, 11) is 0. The molecule has 0 spiro atoms. The van der Waals surface area contributed by atoms with Crippen LogP contribution in [0.1, 0.15) is 48.8 Å². The van der Waals surface area contributed by atoms with Gasteiger partial charge in [-0.25, -0.2) is 4.79 Å². The molecule has 19 heavy (non-hydrogen) atoms. The van der Waals surface area contributed by atoms with Crippen LogP contribution in [0.4, 0.5) is 0 Å². The predicted molar refractivity (Wildman–Crippen MR) is 68.8 cm³/mol. The van der Waals surface area contributed by atoms with Gasteiger partial charge >= 0.3 is 5.97 Å². The molecule has 1 aromatic rings. The Balaban J connectivity index is 1.84. The van der Waals surface area contributed by atoms with Crippen LogP contribution >= 0.6 is 0 Å². The van der Waals surface area contributed by atoms with E-state index in [1.54, 1.807) is 11.0 Å². The second-order valence-electron chi connectivity index (χ2n) is 4.62. The summed E-state index contributed by atoms with van der Waals surface area (Å²) < 4.78 is 4.98. The molecule has 0 aliphatic heterocycles. The van der Waals surface area contributed by atoms with Crippen molar-refractivity contribution in [1.29, 1.82) is 0 Å². The second kappa shape index (κ2) is 5.86. The maximum atomic E-state index is 11.7. The standard InChI is InChI=1S/C13H19N3O3/c1-3-16(4-2)12(17)8-19-13(18)11-7-10(14-15-11)9-5-6-9/h7,9H,3-6,8H2,1-2H3,(H,14,15). The van der Waals surface area contributed by atoms with E-state index in [9.17, 15) is 9.59 Å². The van der Waals surface area contributed by atoms with Crippen molar-refractivity contribution in [3.63, 3.8) is 0 Å². The Morgan fingerprint density at radius 2 is 2.11 bits per heavy atom. The van der Waals surface area contributed by atoms with Gasteiger partial charge in [0.2, 0.25) is 0 Å². The van der Waals surface area contributed by atoms with Crippen molar-refractivity contribution in [2.24, 2.45) is 0 Å². The Hall–Kier alpha value is -1.85. The Morgan fingerprint density at radius 3 is 2.68 bits per heavy atom. The number of esters is 1. The molecule has 1 aromatic heterocycles. The number of nitrogens with zero attached hydrogens (tertiary/aromatic N) is 2. The lowest BCUT2D eigenvalue weighted by Gasteiger charge is -2.17. The number of hydrogen-bond acceptors (Lipinski definition) is 4. The summed E-state index contributed by atoms with van der Waals surface area (Å²) in [5.74, 6) is -0.230. The zero-order valence-corrected chi connectivity index (χ0v) is 11.3. The zero-order chi connectivity index (χ0) is 13.8. The predicted octanol–water partition coefficient (Wildman–Crippen LogP) is 1.31. The molecule has 6 heteroatoms. The van der Waals surface area contributed by atoms with E-state index in [0.29, 0.717) is 19.0 Å². The minimum Gasteiger partial charge on any atom is -0.451 e. The van der Waals surface area contributed by atoms with Gasteiger partial charge in [-0.1, -0.05) is 0 Å². The molecule has 1 amide bonds. The summed E-state index contributed by atoms with van der Waals surface area (Å²) in [6.45, 7) is 4.77. The van der Waals surface area contributed by atoms with Gasteiger partial charge in [-0.15, -0.1) is 0 Å². The van der Waals surface area contributed by atoms with Gasteiger partial charge in [0.25, 0.3) is 5.91 Å². The number of ether oxygens (including phenoxy) is 1. The highest BCUT2D eigenvalue weighted by Crippen LogP contribution is 2.38. The summed E-state index contributed by atoms with van der Waals surface area (Å²) in [5, 5.41) is 6.75. The molecule has 0 atom stereocenters. The van der Waals surface area contributed by atoms with Crippen LogP contribution in [-0.2, 0) is 9.53 Å². The molecule has 0 bridgehead atoms. The summed E-state index contributed by atoms with van der Waals surface area (Å²) in [6, 6.07) is 1.71. The maximum absolute atomic E-state index is 11.7. The van der Waals surface area contributed by atoms with Crippen molar-refractivity contribution >= 4 is 11.9 Å². The lowest BCUT2D eigenvalue weighted by Crippen LogP contribution is -2.34. The molecule has 2 rings (SSSR count). The topological polar surface area (TPSA) is 75.3 Å². The van der Waals surface area contributed by atoms with Crippen LogP contribution < -0.4 is 0 Å². The zero-order valence-electron chi connectivity index (χ0n) is 11.3. The van der Waals surface area contributed by atoms with Crippen molar-refractivity contribution in [3.8, 4) is 0 Å². The van der Waals surface area contributed by atoms with E-state index in [2.05, 4.69) is 10.2 Å². The van der Waals surface area contributed by atoms with Gasteiger partial charge in [0, 0.05) is 24.7 Å². The molecular formula is C13H19N3O3. The second-order valence-corrected chi connectivity index (χ2v) is 4.62. The monoisotopic (exact) mass is 265 g/mol. The van der Waals surface area contributed by atoms with E-state index >= 15 is 0 Å². The van der Waals surface area contributed by atoms with Crippen LogP contribution in [0.25, 0.3) is 0 Å². The van der Waals surface area contributed by atoms with Crippen molar-refractivity contribution in [1.82, 2.24) is 15.1 Å². The van der Waals surface area contributed by atoms with E-state index in [0.717, 1.165) is 18.5 Å². The first kappa shape index (κ1) is 13.6. The average Bonchev–Trinajstić information content (AvgIpc) is 3.15. The summed E-state index contributed by atoms with van der Waals surface area (Å²) >= 11 is 0. The molecule has 1 aliphatic rings. The van der Waals surface area contributed by atoms with E-state index in [-0.39, 0.29) is 18.2 Å². The first-order valence-electron chi connectivity index (χ1n) is 6.65. The van der Waals surface area contributed by atoms with Crippen LogP contribution in [0.5, 0.6) is 0 Å². The fraction of sp³-hybridized carbons (Fsp3) is 0.615. The fourth-order valence-corrected chi connectivity index (χ4v) is 1.91. The number of amides is 1. The van der Waals surface area contributed by atoms with Crippen molar-refractivity contribution < 1.29 is 14.3 Å². The summed E-state index contributed by atoms with van der Waals surface area (Å²) in [6.07, 6.45) is 2.27. The van der Waals surface area contributed by atoms with E-state index in [1.807, 2.05) is 13.8 Å². The number of likely N-dealkylation sites (N-methyl/N-ethyl adjacent to an activating group) is 1. The molecule has 1 aliphatic carbocycles. The van der Waals surface area contributed by atoms with Crippen LogP contribution in [0.2, 0.25) is 0 Å². The minimum absolute atomic E-state index is 0.184. The van der Waals surface area contributed by atoms with Gasteiger partial charge < -0.3 is 9.64 Å². The quantitative estimate of drug-likeness (QED) is 0.787. The molecule has 0 saturated heterocycles. The lowest BCUT2D eigenvalue weighted by molar-refractivity contribution is -0.134. The Morgan fingerprint density at radius 1 is 1.42 bits per heavy atom.